The second kappa shape index (κ2) is 5.10. The van der Waals surface area contributed by atoms with Gasteiger partial charge in [0.05, 0.1) is 10.7 Å². The maximum atomic E-state index is 11.0. The predicted octanol–water partition coefficient (Wildman–Crippen LogP) is 3.40. The number of nitrogens with zero attached hydrogens (tertiary/aromatic N) is 3. The smallest absolute Gasteiger partial charge is 0.357 e. The molecule has 1 heterocycles. The normalized spacial score (nSPS) is 10.2. The molecule has 0 unspecified atom stereocenters. The van der Waals surface area contributed by atoms with Crippen LogP contribution >= 0.6 is 34.8 Å². The molecule has 8 heteroatoms. The number of carbonyl (C=O) groups is 1. The van der Waals surface area contributed by atoms with Gasteiger partial charge in [-0.15, -0.1) is 0 Å². The third-order valence-electron chi connectivity index (χ3n) is 2.28. The van der Waals surface area contributed by atoms with E-state index in [-0.39, 0.29) is 15.7 Å². The molecule has 0 saturated heterocycles. The fraction of sp³-hybridized carbons (Fsp3) is 0. The molecule has 19 heavy (non-hydrogen) atoms. The van der Waals surface area contributed by atoms with Crippen LogP contribution in [0, 0.1) is 11.3 Å². The van der Waals surface area contributed by atoms with Crippen molar-refractivity contribution in [2.75, 3.05) is 0 Å². The molecule has 0 atom stereocenters. The van der Waals surface area contributed by atoms with E-state index in [1.807, 2.05) is 0 Å². The summed E-state index contributed by atoms with van der Waals surface area (Å²) in [4.78, 5) is 11.0. The summed E-state index contributed by atoms with van der Waals surface area (Å²) in [7, 11) is 0. The van der Waals surface area contributed by atoms with Crippen LogP contribution in [0.2, 0.25) is 15.2 Å². The first-order valence-corrected chi connectivity index (χ1v) is 5.96. The van der Waals surface area contributed by atoms with Crippen molar-refractivity contribution in [1.29, 1.82) is 5.26 Å². The number of carboxylic acids is 1. The van der Waals surface area contributed by atoms with Crippen molar-refractivity contribution in [3.05, 3.63) is 44.7 Å². The molecule has 96 valence electrons. The molecule has 0 saturated carbocycles. The van der Waals surface area contributed by atoms with Gasteiger partial charge in [-0.05, 0) is 18.2 Å². The van der Waals surface area contributed by atoms with Gasteiger partial charge >= 0.3 is 5.97 Å². The average molecular weight is 317 g/mol. The van der Waals surface area contributed by atoms with Crippen LogP contribution in [0.4, 0.5) is 0 Å². The second-order valence-electron chi connectivity index (χ2n) is 3.44. The third-order valence-corrected chi connectivity index (χ3v) is 3.17. The Labute approximate surface area is 122 Å². The zero-order chi connectivity index (χ0) is 14.2. The molecule has 0 aliphatic rings. The van der Waals surface area contributed by atoms with E-state index in [1.54, 1.807) is 12.1 Å². The predicted molar refractivity (Wildman–Crippen MR) is 70.3 cm³/mol. The van der Waals surface area contributed by atoms with Crippen molar-refractivity contribution in [2.24, 2.45) is 0 Å². The highest BCUT2D eigenvalue weighted by atomic mass is 35.5. The van der Waals surface area contributed by atoms with Gasteiger partial charge in [0.1, 0.15) is 11.6 Å². The lowest BCUT2D eigenvalue weighted by Crippen LogP contribution is -2.02. The molecule has 0 bridgehead atoms. The van der Waals surface area contributed by atoms with Crippen molar-refractivity contribution in [1.82, 2.24) is 9.78 Å². The van der Waals surface area contributed by atoms with Crippen molar-refractivity contribution >= 4 is 40.8 Å². The van der Waals surface area contributed by atoms with E-state index >= 15 is 0 Å². The first-order valence-electron chi connectivity index (χ1n) is 4.83. The fourth-order valence-corrected chi connectivity index (χ4v) is 2.21. The molecule has 0 spiro atoms. The van der Waals surface area contributed by atoms with Crippen LogP contribution in [-0.2, 0) is 0 Å². The summed E-state index contributed by atoms with van der Waals surface area (Å²) in [5.41, 5.74) is -0.321. The van der Waals surface area contributed by atoms with Gasteiger partial charge in [-0.2, -0.15) is 10.4 Å². The van der Waals surface area contributed by atoms with Gasteiger partial charge in [-0.3, -0.25) is 0 Å². The van der Waals surface area contributed by atoms with Crippen LogP contribution in [-0.4, -0.2) is 20.9 Å². The van der Waals surface area contributed by atoms with Crippen molar-refractivity contribution in [2.45, 2.75) is 0 Å². The number of hydrogen-bond acceptors (Lipinski definition) is 3. The molecule has 0 fully saturated rings. The second-order valence-corrected chi connectivity index (χ2v) is 4.64. The maximum absolute atomic E-state index is 11.0. The average Bonchev–Trinajstić information content (AvgIpc) is 2.66. The van der Waals surface area contributed by atoms with E-state index in [0.29, 0.717) is 10.7 Å². The third kappa shape index (κ3) is 2.38. The Kier molecular flexibility index (Phi) is 3.67. The quantitative estimate of drug-likeness (QED) is 0.921. The molecule has 0 amide bonds. The molecule has 0 radical (unpaired) electrons. The molecule has 0 aliphatic heterocycles. The van der Waals surface area contributed by atoms with Gasteiger partial charge in [-0.25, -0.2) is 9.48 Å². The van der Waals surface area contributed by atoms with Crippen LogP contribution in [0.25, 0.3) is 5.69 Å². The summed E-state index contributed by atoms with van der Waals surface area (Å²) in [5, 5.41) is 22.2. The Morgan fingerprint density at radius 3 is 2.53 bits per heavy atom. The largest absolute Gasteiger partial charge is 0.476 e. The molecular weight excluding hydrogens is 312 g/mol. The number of benzene rings is 1. The highest BCUT2D eigenvalue weighted by Crippen LogP contribution is 2.29. The number of rotatable bonds is 2. The summed E-state index contributed by atoms with van der Waals surface area (Å²) in [6, 6.07) is 6.24. The van der Waals surface area contributed by atoms with Gasteiger partial charge in [0.2, 0.25) is 0 Å². The topological polar surface area (TPSA) is 78.9 Å². The van der Waals surface area contributed by atoms with Gasteiger partial charge in [-0.1, -0.05) is 34.8 Å². The molecule has 2 rings (SSSR count). The van der Waals surface area contributed by atoms with Crippen molar-refractivity contribution in [3.8, 4) is 11.8 Å². The Hall–Kier alpha value is -1.74. The number of halogens is 3. The standard InChI is InChI=1S/C11H4Cl3N3O2/c12-5-1-2-8(7(13)3-5)17-10(14)6(4-15)9(16-17)11(18)19/h1-3H,(H,18,19). The number of aromatic nitrogens is 2. The lowest BCUT2D eigenvalue weighted by molar-refractivity contribution is 0.0689. The minimum atomic E-state index is -1.35. The van der Waals surface area contributed by atoms with E-state index in [4.69, 9.17) is 45.2 Å². The Bertz CT molecular complexity index is 719. The Morgan fingerprint density at radius 1 is 1.37 bits per heavy atom. The molecule has 1 aromatic heterocycles. The van der Waals surface area contributed by atoms with E-state index in [9.17, 15) is 4.79 Å². The molecule has 0 aliphatic carbocycles. The fourth-order valence-electron chi connectivity index (χ4n) is 1.46. The van der Waals surface area contributed by atoms with E-state index < -0.39 is 11.7 Å². The van der Waals surface area contributed by atoms with E-state index in [2.05, 4.69) is 5.10 Å². The molecule has 2 aromatic rings. The van der Waals surface area contributed by atoms with Crippen LogP contribution in [0.3, 0.4) is 0 Å². The summed E-state index contributed by atoms with van der Waals surface area (Å²) >= 11 is 17.7. The van der Waals surface area contributed by atoms with Gasteiger partial charge in [0.15, 0.2) is 10.8 Å². The molecular formula is C11H4Cl3N3O2. The van der Waals surface area contributed by atoms with Gasteiger partial charge < -0.3 is 5.11 Å². The SMILES string of the molecule is N#Cc1c(C(=O)O)nn(-c2ccc(Cl)cc2Cl)c1Cl. The Balaban J connectivity index is 2.70. The molecule has 5 nitrogen and oxygen atoms in total. The highest BCUT2D eigenvalue weighted by Gasteiger charge is 2.23. The summed E-state index contributed by atoms with van der Waals surface area (Å²) in [5.74, 6) is -1.35. The zero-order valence-electron chi connectivity index (χ0n) is 9.06. The van der Waals surface area contributed by atoms with Crippen molar-refractivity contribution < 1.29 is 9.90 Å². The van der Waals surface area contributed by atoms with Gasteiger partial charge in [0.25, 0.3) is 0 Å². The van der Waals surface area contributed by atoms with Crippen LogP contribution in [0.15, 0.2) is 18.2 Å². The first kappa shape index (κ1) is 13.7. The van der Waals surface area contributed by atoms with Crippen LogP contribution < -0.4 is 0 Å². The maximum Gasteiger partial charge on any atom is 0.357 e. The zero-order valence-corrected chi connectivity index (χ0v) is 11.3. The highest BCUT2D eigenvalue weighted by molar-refractivity contribution is 6.36. The van der Waals surface area contributed by atoms with Gasteiger partial charge in [0, 0.05) is 5.02 Å². The number of hydrogen-bond donors (Lipinski definition) is 1. The lowest BCUT2D eigenvalue weighted by Gasteiger charge is -2.05. The number of carboxylic acid groups (broad SMARTS) is 1. The first-order chi connectivity index (χ1) is 8.95. The minimum absolute atomic E-state index is 0.121. The lowest BCUT2D eigenvalue weighted by atomic mass is 10.3. The van der Waals surface area contributed by atoms with Crippen molar-refractivity contribution in [3.63, 3.8) is 0 Å². The number of aromatic carboxylic acids is 1. The van der Waals surface area contributed by atoms with E-state index in [1.165, 1.54) is 12.1 Å². The monoisotopic (exact) mass is 315 g/mol. The molecule has 1 aromatic carbocycles. The summed E-state index contributed by atoms with van der Waals surface area (Å²) < 4.78 is 1.09. The Morgan fingerprint density at radius 2 is 2.05 bits per heavy atom. The van der Waals surface area contributed by atoms with Crippen LogP contribution in [0.5, 0.6) is 0 Å². The van der Waals surface area contributed by atoms with Crippen LogP contribution in [0.1, 0.15) is 16.1 Å². The molecule has 1 N–H and O–H groups in total. The number of nitriles is 1. The minimum Gasteiger partial charge on any atom is -0.476 e. The summed E-state index contributed by atoms with van der Waals surface area (Å²) in [6.45, 7) is 0. The summed E-state index contributed by atoms with van der Waals surface area (Å²) in [6.07, 6.45) is 0. The van der Waals surface area contributed by atoms with E-state index in [0.717, 1.165) is 4.68 Å².